The number of fused-ring (bicyclic) bond motifs is 1. The Morgan fingerprint density at radius 3 is 2.31 bits per heavy atom. The van der Waals surface area contributed by atoms with Gasteiger partial charge in [0.1, 0.15) is 11.5 Å². The molecule has 10 nitrogen and oxygen atoms in total. The number of benzene rings is 3. The number of Topliss-reactive ketones (excluding diaryl/α,β-unsaturated/α-hetero) is 1. The maximum Gasteiger partial charge on any atom is 0.343 e. The number of allylic oxidation sites excluding steroid dienone is 1. The Balaban J connectivity index is 1.52. The van der Waals surface area contributed by atoms with Crippen molar-refractivity contribution in [2.24, 2.45) is 0 Å². The van der Waals surface area contributed by atoms with E-state index in [0.717, 1.165) is 6.07 Å². The fourth-order valence-corrected chi connectivity index (χ4v) is 2.99. The normalized spacial score (nSPS) is 13.4. The minimum Gasteiger partial charge on any atom is -0.452 e. The predicted octanol–water partition coefficient (Wildman–Crippen LogP) is 4.34. The Bertz CT molecular complexity index is 1310. The van der Waals surface area contributed by atoms with E-state index >= 15 is 0 Å². The molecule has 10 heteroatoms. The molecular formula is C22H12N2O8. The summed E-state index contributed by atoms with van der Waals surface area (Å²) in [7, 11) is 0. The van der Waals surface area contributed by atoms with Crippen molar-refractivity contribution in [3.8, 4) is 11.5 Å². The zero-order chi connectivity index (χ0) is 22.8. The van der Waals surface area contributed by atoms with Gasteiger partial charge in [-0.05, 0) is 42.0 Å². The smallest absolute Gasteiger partial charge is 0.343 e. The Hall–Kier alpha value is -4.86. The number of nitrogens with zero attached hydrogens (tertiary/aromatic N) is 2. The fourth-order valence-electron chi connectivity index (χ4n) is 2.99. The molecule has 0 saturated carbocycles. The van der Waals surface area contributed by atoms with Crippen molar-refractivity contribution >= 4 is 29.2 Å². The number of carbonyl (C=O) groups is 2. The molecule has 32 heavy (non-hydrogen) atoms. The van der Waals surface area contributed by atoms with Crippen LogP contribution in [0.4, 0.5) is 11.4 Å². The standard InChI is InChI=1S/C22H12N2O8/c25-21-18-9-8-17(31-22(26)14-2-1-3-16(11-14)24(29)30)12-19(18)32-20(21)10-13-4-6-15(7-5-13)23(27)28/h1-12H/b20-10-. The van der Waals surface area contributed by atoms with Gasteiger partial charge < -0.3 is 9.47 Å². The lowest BCUT2D eigenvalue weighted by atomic mass is 10.1. The molecule has 0 spiro atoms. The largest absolute Gasteiger partial charge is 0.452 e. The molecule has 0 fully saturated rings. The number of carbonyl (C=O) groups excluding carboxylic acids is 2. The van der Waals surface area contributed by atoms with Crippen LogP contribution >= 0.6 is 0 Å². The summed E-state index contributed by atoms with van der Waals surface area (Å²) in [5.41, 5.74) is 0.459. The number of ether oxygens (including phenoxy) is 2. The maximum absolute atomic E-state index is 12.6. The molecule has 4 rings (SSSR count). The quantitative estimate of drug-likeness (QED) is 0.191. The summed E-state index contributed by atoms with van der Waals surface area (Å²) in [4.78, 5) is 45.4. The van der Waals surface area contributed by atoms with Crippen molar-refractivity contribution in [1.29, 1.82) is 0 Å². The van der Waals surface area contributed by atoms with Crippen molar-refractivity contribution in [1.82, 2.24) is 0 Å². The molecule has 3 aromatic carbocycles. The average molecular weight is 432 g/mol. The van der Waals surface area contributed by atoms with Crippen molar-refractivity contribution < 1.29 is 28.9 Å². The van der Waals surface area contributed by atoms with Gasteiger partial charge in [0.15, 0.2) is 5.76 Å². The number of hydrogen-bond donors (Lipinski definition) is 0. The molecule has 0 amide bonds. The summed E-state index contributed by atoms with van der Waals surface area (Å²) in [5, 5.41) is 21.6. The zero-order valence-corrected chi connectivity index (χ0v) is 16.1. The topological polar surface area (TPSA) is 139 Å². The zero-order valence-electron chi connectivity index (χ0n) is 16.1. The van der Waals surface area contributed by atoms with Crippen LogP contribution in [0.5, 0.6) is 11.5 Å². The summed E-state index contributed by atoms with van der Waals surface area (Å²) in [6.45, 7) is 0. The second kappa shape index (κ2) is 8.11. The van der Waals surface area contributed by atoms with Crippen LogP contribution in [0, 0.1) is 20.2 Å². The van der Waals surface area contributed by atoms with Gasteiger partial charge >= 0.3 is 5.97 Å². The van der Waals surface area contributed by atoms with Gasteiger partial charge in [0.25, 0.3) is 11.4 Å². The van der Waals surface area contributed by atoms with Crippen molar-refractivity contribution in [3.63, 3.8) is 0 Å². The van der Waals surface area contributed by atoms with E-state index in [2.05, 4.69) is 0 Å². The molecule has 0 bridgehead atoms. The first-order chi connectivity index (χ1) is 15.3. The van der Waals surface area contributed by atoms with Gasteiger partial charge in [0, 0.05) is 30.3 Å². The van der Waals surface area contributed by atoms with E-state index in [4.69, 9.17) is 9.47 Å². The lowest BCUT2D eigenvalue weighted by Gasteiger charge is -2.05. The molecule has 1 aliphatic rings. The molecule has 3 aromatic rings. The Kier molecular flexibility index (Phi) is 5.17. The van der Waals surface area contributed by atoms with Gasteiger partial charge in [-0.3, -0.25) is 25.0 Å². The van der Waals surface area contributed by atoms with Crippen LogP contribution in [0.25, 0.3) is 6.08 Å². The summed E-state index contributed by atoms with van der Waals surface area (Å²) in [6.07, 6.45) is 1.45. The SMILES string of the molecule is O=C(Oc1ccc2c(c1)O/C(=C\c1ccc([N+](=O)[O-])cc1)C2=O)c1cccc([N+](=O)[O-])c1. The van der Waals surface area contributed by atoms with Gasteiger partial charge in [-0.15, -0.1) is 0 Å². The van der Waals surface area contributed by atoms with Crippen LogP contribution in [0.15, 0.2) is 72.5 Å². The third kappa shape index (κ3) is 4.05. The molecule has 0 aliphatic carbocycles. The van der Waals surface area contributed by atoms with E-state index in [-0.39, 0.29) is 39.8 Å². The number of rotatable bonds is 5. The number of ketones is 1. The number of non-ortho nitro benzene ring substituents is 2. The molecule has 0 unspecified atom stereocenters. The van der Waals surface area contributed by atoms with Crippen LogP contribution in [-0.4, -0.2) is 21.6 Å². The minimum absolute atomic E-state index is 0.00421. The molecule has 0 aromatic heterocycles. The third-order valence-corrected chi connectivity index (χ3v) is 4.55. The lowest BCUT2D eigenvalue weighted by molar-refractivity contribution is -0.385. The summed E-state index contributed by atoms with van der Waals surface area (Å²) in [6, 6.07) is 14.9. The first-order valence-electron chi connectivity index (χ1n) is 9.11. The van der Waals surface area contributed by atoms with E-state index in [9.17, 15) is 29.8 Å². The summed E-state index contributed by atoms with van der Waals surface area (Å²) < 4.78 is 10.8. The van der Waals surface area contributed by atoms with Gasteiger partial charge in [-0.2, -0.15) is 0 Å². The maximum atomic E-state index is 12.6. The van der Waals surface area contributed by atoms with Crippen LogP contribution in [0.2, 0.25) is 0 Å². The number of esters is 1. The van der Waals surface area contributed by atoms with Crippen LogP contribution < -0.4 is 9.47 Å². The van der Waals surface area contributed by atoms with E-state index < -0.39 is 21.6 Å². The minimum atomic E-state index is -0.806. The monoisotopic (exact) mass is 432 g/mol. The fraction of sp³-hybridized carbons (Fsp3) is 0. The first-order valence-corrected chi connectivity index (χ1v) is 9.11. The molecule has 1 heterocycles. The average Bonchev–Trinajstić information content (AvgIpc) is 3.08. The van der Waals surface area contributed by atoms with Crippen LogP contribution in [0.1, 0.15) is 26.3 Å². The van der Waals surface area contributed by atoms with E-state index in [0.29, 0.717) is 5.56 Å². The van der Waals surface area contributed by atoms with Gasteiger partial charge in [0.2, 0.25) is 5.78 Å². The molecule has 158 valence electrons. The van der Waals surface area contributed by atoms with Crippen LogP contribution in [0.3, 0.4) is 0 Å². The molecule has 0 saturated heterocycles. The van der Waals surface area contributed by atoms with Gasteiger partial charge in [-0.1, -0.05) is 6.07 Å². The molecule has 0 radical (unpaired) electrons. The predicted molar refractivity (Wildman–Crippen MR) is 111 cm³/mol. The highest BCUT2D eigenvalue weighted by Crippen LogP contribution is 2.35. The number of nitro groups is 2. The van der Waals surface area contributed by atoms with E-state index in [1.54, 1.807) is 0 Å². The summed E-state index contributed by atoms with van der Waals surface area (Å²) >= 11 is 0. The second-order valence-corrected chi connectivity index (χ2v) is 6.64. The molecule has 0 N–H and O–H groups in total. The summed E-state index contributed by atoms with van der Waals surface area (Å²) in [5.74, 6) is -0.928. The first kappa shape index (κ1) is 20.4. The van der Waals surface area contributed by atoms with Gasteiger partial charge in [-0.25, -0.2) is 4.79 Å². The van der Waals surface area contributed by atoms with Crippen LogP contribution in [-0.2, 0) is 0 Å². The Labute approximate surface area is 179 Å². The van der Waals surface area contributed by atoms with Crippen molar-refractivity contribution in [2.45, 2.75) is 0 Å². The highest BCUT2D eigenvalue weighted by molar-refractivity contribution is 6.14. The third-order valence-electron chi connectivity index (χ3n) is 4.55. The van der Waals surface area contributed by atoms with Gasteiger partial charge in [0.05, 0.1) is 21.0 Å². The molecular weight excluding hydrogens is 420 g/mol. The van der Waals surface area contributed by atoms with Crippen molar-refractivity contribution in [2.75, 3.05) is 0 Å². The molecule has 0 atom stereocenters. The highest BCUT2D eigenvalue weighted by Gasteiger charge is 2.28. The number of nitro benzene ring substituents is 2. The number of hydrogen-bond acceptors (Lipinski definition) is 8. The molecule has 1 aliphatic heterocycles. The Morgan fingerprint density at radius 2 is 1.62 bits per heavy atom. The van der Waals surface area contributed by atoms with E-state index in [1.807, 2.05) is 0 Å². The lowest BCUT2D eigenvalue weighted by Crippen LogP contribution is -2.08. The second-order valence-electron chi connectivity index (χ2n) is 6.64. The van der Waals surface area contributed by atoms with E-state index in [1.165, 1.54) is 66.7 Å². The Morgan fingerprint density at radius 1 is 0.906 bits per heavy atom. The van der Waals surface area contributed by atoms with Crippen molar-refractivity contribution in [3.05, 3.63) is 109 Å². The highest BCUT2D eigenvalue weighted by atomic mass is 16.6.